The summed E-state index contributed by atoms with van der Waals surface area (Å²) < 4.78 is 40.2. The standard InChI is InChI=1S/C24H24ClF3N4O2S/c25-18-5-2-1-4-16(18)12-21(33)32-10-7-15(8-11-32)23-31-20(14-35-23)22(34)30-13-17(24(26,27)28)19-6-3-9-29-19/h1-6,9,14-15,17,29H,7-8,10-13H2,(H,30,34). The van der Waals surface area contributed by atoms with Crippen molar-refractivity contribution in [1.82, 2.24) is 20.2 Å². The maximum absolute atomic E-state index is 13.4. The molecule has 0 aliphatic carbocycles. The summed E-state index contributed by atoms with van der Waals surface area (Å²) in [5.74, 6) is -2.36. The van der Waals surface area contributed by atoms with Crippen LogP contribution in [0.15, 0.2) is 48.0 Å². The number of aromatic nitrogens is 2. The van der Waals surface area contributed by atoms with Gasteiger partial charge in [0, 0.05) is 47.8 Å². The molecule has 1 aromatic carbocycles. The van der Waals surface area contributed by atoms with E-state index < -0.39 is 24.5 Å². The highest BCUT2D eigenvalue weighted by Crippen LogP contribution is 2.34. The van der Waals surface area contributed by atoms with Gasteiger partial charge in [0.25, 0.3) is 5.91 Å². The average Bonchev–Trinajstić information content (AvgIpc) is 3.53. The molecule has 35 heavy (non-hydrogen) atoms. The zero-order chi connectivity index (χ0) is 25.0. The van der Waals surface area contributed by atoms with Crippen LogP contribution in [-0.2, 0) is 11.2 Å². The summed E-state index contributed by atoms with van der Waals surface area (Å²) in [4.78, 5) is 33.9. The highest BCUT2D eigenvalue weighted by Gasteiger charge is 2.41. The predicted molar refractivity (Wildman–Crippen MR) is 128 cm³/mol. The predicted octanol–water partition coefficient (Wildman–Crippen LogP) is 5.15. The molecule has 2 N–H and O–H groups in total. The fourth-order valence-electron chi connectivity index (χ4n) is 4.12. The second-order valence-electron chi connectivity index (χ2n) is 8.42. The molecule has 6 nitrogen and oxygen atoms in total. The zero-order valence-corrected chi connectivity index (χ0v) is 20.2. The van der Waals surface area contributed by atoms with Crippen molar-refractivity contribution in [1.29, 1.82) is 0 Å². The molecule has 3 aromatic rings. The number of carbonyl (C=O) groups is 2. The van der Waals surface area contributed by atoms with E-state index in [9.17, 15) is 22.8 Å². The van der Waals surface area contributed by atoms with Crippen LogP contribution in [0.25, 0.3) is 0 Å². The van der Waals surface area contributed by atoms with Crippen molar-refractivity contribution in [3.8, 4) is 0 Å². The zero-order valence-electron chi connectivity index (χ0n) is 18.6. The Hall–Kier alpha value is -2.85. The Labute approximate surface area is 209 Å². The number of hydrogen-bond donors (Lipinski definition) is 2. The first-order valence-electron chi connectivity index (χ1n) is 11.2. The molecule has 1 aliphatic rings. The van der Waals surface area contributed by atoms with Crippen molar-refractivity contribution >= 4 is 34.8 Å². The third kappa shape index (κ3) is 6.24. The van der Waals surface area contributed by atoms with Crippen molar-refractivity contribution in [3.63, 3.8) is 0 Å². The third-order valence-electron chi connectivity index (χ3n) is 6.11. The number of H-pyrrole nitrogens is 1. The molecule has 11 heteroatoms. The van der Waals surface area contributed by atoms with Crippen molar-refractivity contribution < 1.29 is 22.8 Å². The number of benzene rings is 1. The second kappa shape index (κ2) is 10.8. The molecule has 0 saturated carbocycles. The minimum atomic E-state index is -4.50. The summed E-state index contributed by atoms with van der Waals surface area (Å²) in [6.45, 7) is 0.554. The van der Waals surface area contributed by atoms with Crippen LogP contribution in [0.4, 0.5) is 13.2 Å². The average molecular weight is 525 g/mol. The fraction of sp³-hybridized carbons (Fsp3) is 0.375. The number of halogens is 4. The molecule has 2 aromatic heterocycles. The van der Waals surface area contributed by atoms with Crippen LogP contribution in [0, 0.1) is 0 Å². The van der Waals surface area contributed by atoms with E-state index >= 15 is 0 Å². The van der Waals surface area contributed by atoms with E-state index in [4.69, 9.17) is 11.6 Å². The monoisotopic (exact) mass is 524 g/mol. The molecule has 3 heterocycles. The first kappa shape index (κ1) is 25.2. The number of thiazole rings is 1. The van der Waals surface area contributed by atoms with Crippen LogP contribution < -0.4 is 5.32 Å². The Balaban J connectivity index is 1.30. The molecule has 1 unspecified atom stereocenters. The maximum atomic E-state index is 13.4. The van der Waals surface area contributed by atoms with Crippen LogP contribution in [0.5, 0.6) is 0 Å². The highest BCUT2D eigenvalue weighted by atomic mass is 35.5. The van der Waals surface area contributed by atoms with Gasteiger partial charge in [0.05, 0.1) is 11.4 Å². The van der Waals surface area contributed by atoms with E-state index in [0.717, 1.165) is 10.6 Å². The number of piperidine rings is 1. The van der Waals surface area contributed by atoms with Crippen LogP contribution >= 0.6 is 22.9 Å². The minimum absolute atomic E-state index is 0.00684. The molecule has 0 spiro atoms. The maximum Gasteiger partial charge on any atom is 0.398 e. The summed E-state index contributed by atoms with van der Waals surface area (Å²) in [6.07, 6.45) is -1.44. The Morgan fingerprint density at radius 3 is 2.60 bits per heavy atom. The van der Waals surface area contributed by atoms with Crippen LogP contribution in [0.1, 0.15) is 51.4 Å². The van der Waals surface area contributed by atoms with Crippen molar-refractivity contribution in [2.24, 2.45) is 0 Å². The molecular formula is C24H24ClF3N4O2S. The molecule has 1 saturated heterocycles. The first-order valence-corrected chi connectivity index (χ1v) is 12.4. The number of hydrogen-bond acceptors (Lipinski definition) is 4. The van der Waals surface area contributed by atoms with E-state index in [1.165, 1.54) is 29.7 Å². The van der Waals surface area contributed by atoms with Crippen LogP contribution in [-0.4, -0.2) is 52.5 Å². The van der Waals surface area contributed by atoms with Gasteiger partial charge < -0.3 is 15.2 Å². The van der Waals surface area contributed by atoms with Gasteiger partial charge in [-0.25, -0.2) is 4.98 Å². The van der Waals surface area contributed by atoms with Gasteiger partial charge in [0.1, 0.15) is 11.6 Å². The van der Waals surface area contributed by atoms with E-state index in [1.54, 1.807) is 16.3 Å². The third-order valence-corrected chi connectivity index (χ3v) is 7.49. The highest BCUT2D eigenvalue weighted by molar-refractivity contribution is 7.09. The number of rotatable bonds is 7. The molecule has 0 bridgehead atoms. The number of likely N-dealkylation sites (tertiary alicyclic amines) is 1. The number of amides is 2. The van der Waals surface area contributed by atoms with E-state index in [0.29, 0.717) is 31.0 Å². The van der Waals surface area contributed by atoms with Crippen LogP contribution in [0.3, 0.4) is 0 Å². The molecule has 1 aliphatic heterocycles. The fourth-order valence-corrected chi connectivity index (χ4v) is 5.29. The lowest BCUT2D eigenvalue weighted by Gasteiger charge is -2.31. The smallest absolute Gasteiger partial charge is 0.364 e. The minimum Gasteiger partial charge on any atom is -0.364 e. The molecular weight excluding hydrogens is 501 g/mol. The lowest BCUT2D eigenvalue weighted by molar-refractivity contribution is -0.149. The number of nitrogens with zero attached hydrogens (tertiary/aromatic N) is 2. The largest absolute Gasteiger partial charge is 0.398 e. The van der Waals surface area contributed by atoms with Gasteiger partial charge in [-0.3, -0.25) is 9.59 Å². The molecule has 1 fully saturated rings. The molecule has 186 valence electrons. The van der Waals surface area contributed by atoms with Gasteiger partial charge in [-0.1, -0.05) is 29.8 Å². The topological polar surface area (TPSA) is 78.1 Å². The Morgan fingerprint density at radius 2 is 1.94 bits per heavy atom. The van der Waals surface area contributed by atoms with Gasteiger partial charge in [-0.05, 0) is 36.6 Å². The molecule has 2 amide bonds. The van der Waals surface area contributed by atoms with Gasteiger partial charge in [0.15, 0.2) is 0 Å². The van der Waals surface area contributed by atoms with Crippen molar-refractivity contribution in [2.45, 2.75) is 37.3 Å². The van der Waals surface area contributed by atoms with Gasteiger partial charge in [0.2, 0.25) is 5.91 Å². The summed E-state index contributed by atoms with van der Waals surface area (Å²) in [5, 5.41) is 5.25. The lowest BCUT2D eigenvalue weighted by atomic mass is 9.97. The summed E-state index contributed by atoms with van der Waals surface area (Å²) in [6, 6.07) is 10.1. The molecule has 1 atom stereocenters. The second-order valence-corrected chi connectivity index (χ2v) is 9.72. The Kier molecular flexibility index (Phi) is 7.81. The first-order chi connectivity index (χ1) is 16.7. The quantitative estimate of drug-likeness (QED) is 0.449. The van der Waals surface area contributed by atoms with E-state index in [-0.39, 0.29) is 29.6 Å². The van der Waals surface area contributed by atoms with Gasteiger partial charge in [-0.2, -0.15) is 13.2 Å². The summed E-state index contributed by atoms with van der Waals surface area (Å²) in [5.41, 5.74) is 0.892. The number of nitrogens with one attached hydrogen (secondary N) is 2. The number of carbonyl (C=O) groups excluding carboxylic acids is 2. The SMILES string of the molecule is O=C(NCC(c1ccc[nH]1)C(F)(F)F)c1csc(C2CCN(C(=O)Cc3ccccc3Cl)CC2)n1. The summed E-state index contributed by atoms with van der Waals surface area (Å²) >= 11 is 7.47. The Morgan fingerprint density at radius 1 is 1.20 bits per heavy atom. The molecule has 0 radical (unpaired) electrons. The van der Waals surface area contributed by atoms with Crippen molar-refractivity contribution in [2.75, 3.05) is 19.6 Å². The van der Waals surface area contributed by atoms with E-state index in [2.05, 4.69) is 15.3 Å². The van der Waals surface area contributed by atoms with Gasteiger partial charge >= 0.3 is 6.18 Å². The normalized spacial score (nSPS) is 15.7. The summed E-state index contributed by atoms with van der Waals surface area (Å²) in [7, 11) is 0. The van der Waals surface area contributed by atoms with Crippen molar-refractivity contribution in [3.05, 3.63) is 75.0 Å². The van der Waals surface area contributed by atoms with Gasteiger partial charge in [-0.15, -0.1) is 11.3 Å². The number of alkyl halides is 3. The van der Waals surface area contributed by atoms with E-state index in [1.807, 2.05) is 18.2 Å². The lowest BCUT2D eigenvalue weighted by Crippen LogP contribution is -2.38. The number of aromatic amines is 1. The molecule has 4 rings (SSSR count). The Bertz CT molecular complexity index is 1160. The van der Waals surface area contributed by atoms with Crippen LogP contribution in [0.2, 0.25) is 5.02 Å².